The van der Waals surface area contributed by atoms with Crippen LogP contribution in [0.1, 0.15) is 18.0 Å². The topological polar surface area (TPSA) is 44.7 Å². The molecule has 0 radical (unpaired) electrons. The average Bonchev–Trinajstić information content (AvgIpc) is 2.54. The molecule has 0 aliphatic carbocycles. The lowest BCUT2D eigenvalue weighted by Gasteiger charge is -2.36. The Labute approximate surface area is 132 Å². The largest absolute Gasteiger partial charge is 0.461 e. The Kier molecular flexibility index (Phi) is 6.20. The zero-order chi connectivity index (χ0) is 16.9. The van der Waals surface area contributed by atoms with E-state index in [1.807, 2.05) is 4.90 Å². The Morgan fingerprint density at radius 1 is 1.22 bits per heavy atom. The Morgan fingerprint density at radius 2 is 1.87 bits per heavy atom. The van der Waals surface area contributed by atoms with Crippen molar-refractivity contribution in [3.05, 3.63) is 29.8 Å². The highest BCUT2D eigenvalue weighted by Crippen LogP contribution is 2.36. The summed E-state index contributed by atoms with van der Waals surface area (Å²) in [5, 5.41) is 12.5. The summed E-state index contributed by atoms with van der Waals surface area (Å²) in [5.41, 5.74) is 0.378. The monoisotopic (exact) mass is 336 g/mol. The number of rotatable bonds is 7. The number of hydrogen-bond donors (Lipinski definition) is 2. The minimum atomic E-state index is -4.55. The summed E-state index contributed by atoms with van der Waals surface area (Å²) in [6.07, 6.45) is -8.16. The molecule has 1 fully saturated rings. The number of benzene rings is 1. The van der Waals surface area contributed by atoms with Gasteiger partial charge in [-0.15, -0.1) is 0 Å². The quantitative estimate of drug-likeness (QED) is 0.750. The molecule has 2 rings (SSSR count). The SMILES string of the molecule is OCC[C@@H](c1ccccc1OC(F)(F)C(F)F)N1CCNCC1. The lowest BCUT2D eigenvalue weighted by atomic mass is 10.0. The minimum Gasteiger partial charge on any atom is -0.428 e. The molecule has 0 unspecified atom stereocenters. The number of ether oxygens (including phenoxy) is 1. The van der Waals surface area contributed by atoms with Crippen molar-refractivity contribution in [1.29, 1.82) is 0 Å². The number of halogens is 4. The predicted octanol–water partition coefficient (Wildman–Crippen LogP) is 2.25. The van der Waals surface area contributed by atoms with Gasteiger partial charge in [0.05, 0.1) is 0 Å². The molecule has 1 aromatic rings. The first-order valence-corrected chi connectivity index (χ1v) is 7.45. The third kappa shape index (κ3) is 4.55. The molecule has 0 spiro atoms. The molecule has 8 heteroatoms. The van der Waals surface area contributed by atoms with Gasteiger partial charge in [-0.3, -0.25) is 4.90 Å². The molecule has 1 saturated heterocycles. The van der Waals surface area contributed by atoms with E-state index >= 15 is 0 Å². The maximum absolute atomic E-state index is 13.3. The number of aliphatic hydroxyl groups excluding tert-OH is 1. The fourth-order valence-electron chi connectivity index (χ4n) is 2.69. The molecule has 23 heavy (non-hydrogen) atoms. The standard InChI is InChI=1S/C15H20F4N2O2/c16-14(17)15(18,19)23-13-4-2-1-3-11(13)12(5-10-22)21-8-6-20-7-9-21/h1-4,12,14,20,22H,5-10H2/t12-/m0/s1. The van der Waals surface area contributed by atoms with Gasteiger partial charge in [0.1, 0.15) is 5.75 Å². The Balaban J connectivity index is 2.28. The molecular weight excluding hydrogens is 316 g/mol. The highest BCUT2D eigenvalue weighted by molar-refractivity contribution is 5.36. The van der Waals surface area contributed by atoms with Gasteiger partial charge < -0.3 is 15.2 Å². The van der Waals surface area contributed by atoms with Crippen molar-refractivity contribution in [3.8, 4) is 5.75 Å². The normalized spacial score (nSPS) is 18.2. The molecule has 130 valence electrons. The summed E-state index contributed by atoms with van der Waals surface area (Å²) in [5.74, 6) is -0.283. The summed E-state index contributed by atoms with van der Waals surface area (Å²) < 4.78 is 55.6. The molecular formula is C15H20F4N2O2. The molecule has 0 amide bonds. The number of para-hydroxylation sites is 1. The number of hydrogen-bond acceptors (Lipinski definition) is 4. The van der Waals surface area contributed by atoms with Crippen LogP contribution in [0.15, 0.2) is 24.3 Å². The average molecular weight is 336 g/mol. The maximum atomic E-state index is 13.3. The highest BCUT2D eigenvalue weighted by Gasteiger charge is 2.44. The van der Waals surface area contributed by atoms with Crippen LogP contribution in [0.3, 0.4) is 0 Å². The highest BCUT2D eigenvalue weighted by atomic mass is 19.3. The van der Waals surface area contributed by atoms with Crippen molar-refractivity contribution in [2.45, 2.75) is 25.0 Å². The van der Waals surface area contributed by atoms with Gasteiger partial charge in [0.2, 0.25) is 0 Å². The number of alkyl halides is 4. The molecule has 1 atom stereocenters. The third-order valence-corrected chi connectivity index (χ3v) is 3.77. The summed E-state index contributed by atoms with van der Waals surface area (Å²) >= 11 is 0. The molecule has 1 aliphatic heterocycles. The first-order valence-electron chi connectivity index (χ1n) is 7.45. The van der Waals surface area contributed by atoms with E-state index in [9.17, 15) is 22.7 Å². The van der Waals surface area contributed by atoms with Crippen LogP contribution in [-0.4, -0.2) is 55.3 Å². The van der Waals surface area contributed by atoms with E-state index in [2.05, 4.69) is 10.1 Å². The van der Waals surface area contributed by atoms with Gasteiger partial charge in [-0.05, 0) is 12.5 Å². The van der Waals surface area contributed by atoms with E-state index in [4.69, 9.17) is 0 Å². The Morgan fingerprint density at radius 3 is 2.48 bits per heavy atom. The van der Waals surface area contributed by atoms with Gasteiger partial charge >= 0.3 is 12.5 Å². The summed E-state index contributed by atoms with van der Waals surface area (Å²) in [6.45, 7) is 2.67. The van der Waals surface area contributed by atoms with Crippen molar-refractivity contribution >= 4 is 0 Å². The lowest BCUT2D eigenvalue weighted by Crippen LogP contribution is -2.45. The van der Waals surface area contributed by atoms with Crippen molar-refractivity contribution in [2.24, 2.45) is 0 Å². The van der Waals surface area contributed by atoms with Crippen LogP contribution in [0.25, 0.3) is 0 Å². The van der Waals surface area contributed by atoms with Crippen LogP contribution in [0.4, 0.5) is 17.6 Å². The Bertz CT molecular complexity index is 496. The smallest absolute Gasteiger partial charge is 0.428 e. The maximum Gasteiger partial charge on any atom is 0.461 e. The molecule has 0 aromatic heterocycles. The first kappa shape index (κ1) is 18.0. The van der Waals surface area contributed by atoms with Crippen LogP contribution >= 0.6 is 0 Å². The molecule has 0 saturated carbocycles. The van der Waals surface area contributed by atoms with Crippen LogP contribution in [-0.2, 0) is 0 Å². The van der Waals surface area contributed by atoms with Gasteiger partial charge in [-0.2, -0.15) is 17.6 Å². The lowest BCUT2D eigenvalue weighted by molar-refractivity contribution is -0.253. The van der Waals surface area contributed by atoms with E-state index < -0.39 is 12.5 Å². The first-order chi connectivity index (χ1) is 11.0. The van der Waals surface area contributed by atoms with Gasteiger partial charge in [-0.25, -0.2) is 0 Å². The van der Waals surface area contributed by atoms with E-state index in [-0.39, 0.29) is 18.4 Å². The number of piperazine rings is 1. The second-order valence-corrected chi connectivity index (χ2v) is 5.32. The van der Waals surface area contributed by atoms with Gasteiger partial charge in [0.25, 0.3) is 0 Å². The van der Waals surface area contributed by atoms with Crippen molar-refractivity contribution in [1.82, 2.24) is 10.2 Å². The molecule has 1 heterocycles. The predicted molar refractivity (Wildman–Crippen MR) is 76.9 cm³/mol. The van der Waals surface area contributed by atoms with Crippen LogP contribution in [0.5, 0.6) is 5.75 Å². The van der Waals surface area contributed by atoms with Crippen LogP contribution < -0.4 is 10.1 Å². The number of nitrogens with zero attached hydrogens (tertiary/aromatic N) is 1. The molecule has 1 aromatic carbocycles. The second-order valence-electron chi connectivity index (χ2n) is 5.32. The summed E-state index contributed by atoms with van der Waals surface area (Å²) in [6, 6.07) is 5.53. The number of aliphatic hydroxyl groups is 1. The van der Waals surface area contributed by atoms with E-state index in [0.717, 1.165) is 13.1 Å². The van der Waals surface area contributed by atoms with E-state index in [0.29, 0.717) is 25.1 Å². The second kappa shape index (κ2) is 7.94. The van der Waals surface area contributed by atoms with E-state index in [1.165, 1.54) is 12.1 Å². The van der Waals surface area contributed by atoms with Gasteiger partial charge in [-0.1, -0.05) is 18.2 Å². The summed E-state index contributed by atoms with van der Waals surface area (Å²) in [4.78, 5) is 2.02. The molecule has 0 bridgehead atoms. The van der Waals surface area contributed by atoms with Gasteiger partial charge in [0, 0.05) is 44.4 Å². The molecule has 1 aliphatic rings. The van der Waals surface area contributed by atoms with Crippen LogP contribution in [0, 0.1) is 0 Å². The zero-order valence-electron chi connectivity index (χ0n) is 12.5. The molecule has 4 nitrogen and oxygen atoms in total. The van der Waals surface area contributed by atoms with Gasteiger partial charge in [0.15, 0.2) is 0 Å². The summed E-state index contributed by atoms with van der Waals surface area (Å²) in [7, 11) is 0. The zero-order valence-corrected chi connectivity index (χ0v) is 12.5. The van der Waals surface area contributed by atoms with Crippen molar-refractivity contribution in [3.63, 3.8) is 0 Å². The third-order valence-electron chi connectivity index (χ3n) is 3.77. The van der Waals surface area contributed by atoms with Crippen molar-refractivity contribution in [2.75, 3.05) is 32.8 Å². The minimum absolute atomic E-state index is 0.145. The number of nitrogens with one attached hydrogen (secondary N) is 1. The van der Waals surface area contributed by atoms with Crippen molar-refractivity contribution < 1.29 is 27.4 Å². The Hall–Kier alpha value is -1.38. The molecule has 2 N–H and O–H groups in total. The fraction of sp³-hybridized carbons (Fsp3) is 0.600. The van der Waals surface area contributed by atoms with E-state index in [1.54, 1.807) is 12.1 Å². The fourth-order valence-corrected chi connectivity index (χ4v) is 2.69. The van der Waals surface area contributed by atoms with Crippen LogP contribution in [0.2, 0.25) is 0 Å².